The van der Waals surface area contributed by atoms with E-state index in [-0.39, 0.29) is 18.5 Å². The van der Waals surface area contributed by atoms with E-state index >= 15 is 0 Å². The maximum Gasteiger partial charge on any atom is 0.416 e. The number of amides is 1. The molecule has 0 bridgehead atoms. The molecule has 2 aromatic carbocycles. The van der Waals surface area contributed by atoms with Crippen LogP contribution in [0.3, 0.4) is 0 Å². The van der Waals surface area contributed by atoms with E-state index in [1.807, 2.05) is 31.2 Å². The zero-order chi connectivity index (χ0) is 17.3. The van der Waals surface area contributed by atoms with Gasteiger partial charge in [-0.3, -0.25) is 4.79 Å². The van der Waals surface area contributed by atoms with Gasteiger partial charge in [-0.2, -0.15) is 13.2 Å². The molecule has 0 fully saturated rings. The van der Waals surface area contributed by atoms with Crippen LogP contribution in [0.4, 0.5) is 24.5 Å². The Morgan fingerprint density at radius 2 is 1.83 bits per heavy atom. The molecule has 1 atom stereocenters. The first kappa shape index (κ1) is 16.4. The second-order valence-electron chi connectivity index (χ2n) is 5.87. The predicted molar refractivity (Wildman–Crippen MR) is 87.0 cm³/mol. The highest BCUT2D eigenvalue weighted by molar-refractivity contribution is 5.98. The van der Waals surface area contributed by atoms with Crippen LogP contribution in [-0.4, -0.2) is 18.5 Å². The number of carbonyl (C=O) groups is 1. The van der Waals surface area contributed by atoms with E-state index in [4.69, 9.17) is 0 Å². The molecular formula is C18H17F3N2O. The Bertz CT molecular complexity index is 741. The van der Waals surface area contributed by atoms with Gasteiger partial charge in [-0.05, 0) is 49.2 Å². The van der Waals surface area contributed by atoms with Crippen molar-refractivity contribution in [3.05, 3.63) is 59.7 Å². The number of benzene rings is 2. The van der Waals surface area contributed by atoms with E-state index in [1.54, 1.807) is 4.90 Å². The highest BCUT2D eigenvalue weighted by Crippen LogP contribution is 2.32. The summed E-state index contributed by atoms with van der Waals surface area (Å²) in [7, 11) is 0. The molecular weight excluding hydrogens is 317 g/mol. The number of carbonyl (C=O) groups excluding carboxylic acids is 1. The zero-order valence-electron chi connectivity index (χ0n) is 13.1. The van der Waals surface area contributed by atoms with E-state index in [2.05, 4.69) is 5.32 Å². The lowest BCUT2D eigenvalue weighted by atomic mass is 10.1. The van der Waals surface area contributed by atoms with Gasteiger partial charge in [-0.25, -0.2) is 0 Å². The first-order chi connectivity index (χ1) is 11.4. The summed E-state index contributed by atoms with van der Waals surface area (Å²) in [6, 6.07) is 12.5. The van der Waals surface area contributed by atoms with Gasteiger partial charge in [0.25, 0.3) is 0 Å². The van der Waals surface area contributed by atoms with E-state index in [0.717, 1.165) is 29.8 Å². The van der Waals surface area contributed by atoms with E-state index in [1.165, 1.54) is 12.1 Å². The molecule has 1 amide bonds. The summed E-state index contributed by atoms with van der Waals surface area (Å²) in [6.07, 6.45) is -3.55. The minimum absolute atomic E-state index is 0.0318. The molecule has 1 N–H and O–H groups in total. The zero-order valence-corrected chi connectivity index (χ0v) is 13.1. The average molecular weight is 334 g/mol. The van der Waals surface area contributed by atoms with Crippen LogP contribution >= 0.6 is 0 Å². The lowest BCUT2D eigenvalue weighted by molar-refractivity contribution is -0.137. The molecule has 0 aliphatic carbocycles. The van der Waals surface area contributed by atoms with Gasteiger partial charge in [0.2, 0.25) is 5.91 Å². The normalized spacial score (nSPS) is 16.8. The van der Waals surface area contributed by atoms with Crippen molar-refractivity contribution in [2.24, 2.45) is 0 Å². The summed E-state index contributed by atoms with van der Waals surface area (Å²) in [5, 5.41) is 2.89. The van der Waals surface area contributed by atoms with Gasteiger partial charge in [0.05, 0.1) is 12.1 Å². The number of hydrogen-bond acceptors (Lipinski definition) is 2. The Balaban J connectivity index is 1.66. The number of fused-ring (bicyclic) bond motifs is 1. The average Bonchev–Trinajstić information content (AvgIpc) is 2.88. The smallest absolute Gasteiger partial charge is 0.376 e. The monoisotopic (exact) mass is 334 g/mol. The Morgan fingerprint density at radius 1 is 1.17 bits per heavy atom. The molecule has 3 rings (SSSR count). The Kier molecular flexibility index (Phi) is 4.22. The van der Waals surface area contributed by atoms with E-state index in [0.29, 0.717) is 5.69 Å². The number of anilines is 2. The first-order valence-electron chi connectivity index (χ1n) is 7.67. The summed E-state index contributed by atoms with van der Waals surface area (Å²) in [5.74, 6) is -0.104. The third-order valence-electron chi connectivity index (χ3n) is 4.13. The molecule has 1 unspecified atom stereocenters. The van der Waals surface area contributed by atoms with Gasteiger partial charge in [-0.15, -0.1) is 0 Å². The Labute approximate surface area is 138 Å². The summed E-state index contributed by atoms with van der Waals surface area (Å²) < 4.78 is 37.6. The molecule has 0 saturated carbocycles. The summed E-state index contributed by atoms with van der Waals surface area (Å²) in [4.78, 5) is 14.2. The molecule has 3 nitrogen and oxygen atoms in total. The van der Waals surface area contributed by atoms with Gasteiger partial charge in [0.15, 0.2) is 0 Å². The minimum Gasteiger partial charge on any atom is -0.376 e. The van der Waals surface area contributed by atoms with Crippen LogP contribution in [-0.2, 0) is 17.4 Å². The fourth-order valence-corrected chi connectivity index (χ4v) is 2.99. The molecule has 0 aromatic heterocycles. The molecule has 0 radical (unpaired) electrons. The number of alkyl halides is 3. The minimum atomic E-state index is -4.36. The highest BCUT2D eigenvalue weighted by Gasteiger charge is 2.31. The van der Waals surface area contributed by atoms with Crippen molar-refractivity contribution in [1.29, 1.82) is 0 Å². The first-order valence-corrected chi connectivity index (χ1v) is 7.67. The van der Waals surface area contributed by atoms with Crippen molar-refractivity contribution in [1.82, 2.24) is 0 Å². The van der Waals surface area contributed by atoms with Crippen molar-refractivity contribution in [3.8, 4) is 0 Å². The summed E-state index contributed by atoms with van der Waals surface area (Å²) in [5.41, 5.74) is 1.81. The number of nitrogens with one attached hydrogen (secondary N) is 1. The van der Waals surface area contributed by atoms with Gasteiger partial charge in [0.1, 0.15) is 0 Å². The molecule has 126 valence electrons. The summed E-state index contributed by atoms with van der Waals surface area (Å²) in [6.45, 7) is 2.01. The SMILES string of the molecule is CC1Cc2ccccc2N1C(=O)CNc1ccc(C(F)(F)F)cc1. The molecule has 2 aromatic rings. The fourth-order valence-electron chi connectivity index (χ4n) is 2.99. The van der Waals surface area contributed by atoms with Gasteiger partial charge < -0.3 is 10.2 Å². The highest BCUT2D eigenvalue weighted by atomic mass is 19.4. The maximum atomic E-state index is 12.5. The molecule has 6 heteroatoms. The van der Waals surface area contributed by atoms with Crippen molar-refractivity contribution < 1.29 is 18.0 Å². The largest absolute Gasteiger partial charge is 0.416 e. The Morgan fingerprint density at radius 3 is 2.50 bits per heavy atom. The Hall–Kier alpha value is -2.50. The third-order valence-corrected chi connectivity index (χ3v) is 4.13. The molecule has 0 saturated heterocycles. The van der Waals surface area contributed by atoms with Crippen LogP contribution in [0.2, 0.25) is 0 Å². The number of para-hydroxylation sites is 1. The van der Waals surface area contributed by atoms with Crippen molar-refractivity contribution in [2.45, 2.75) is 25.6 Å². The number of hydrogen-bond donors (Lipinski definition) is 1. The second-order valence-corrected chi connectivity index (χ2v) is 5.87. The third kappa shape index (κ3) is 3.22. The molecule has 1 aliphatic heterocycles. The van der Waals surface area contributed by atoms with E-state index in [9.17, 15) is 18.0 Å². The maximum absolute atomic E-state index is 12.5. The molecule has 1 heterocycles. The van der Waals surface area contributed by atoms with Gasteiger partial charge >= 0.3 is 6.18 Å². The lowest BCUT2D eigenvalue weighted by Crippen LogP contribution is -2.39. The molecule has 1 aliphatic rings. The van der Waals surface area contributed by atoms with Crippen LogP contribution in [0.25, 0.3) is 0 Å². The predicted octanol–water partition coefficient (Wildman–Crippen LogP) is 4.10. The van der Waals surface area contributed by atoms with E-state index < -0.39 is 11.7 Å². The van der Waals surface area contributed by atoms with Gasteiger partial charge in [-0.1, -0.05) is 18.2 Å². The quantitative estimate of drug-likeness (QED) is 0.917. The van der Waals surface area contributed by atoms with Crippen LogP contribution in [0.1, 0.15) is 18.1 Å². The number of nitrogens with zero attached hydrogens (tertiary/aromatic N) is 1. The van der Waals surface area contributed by atoms with Crippen LogP contribution in [0.5, 0.6) is 0 Å². The molecule has 0 spiro atoms. The molecule has 24 heavy (non-hydrogen) atoms. The van der Waals surface area contributed by atoms with Crippen LogP contribution in [0.15, 0.2) is 48.5 Å². The van der Waals surface area contributed by atoms with Gasteiger partial charge in [0, 0.05) is 17.4 Å². The summed E-state index contributed by atoms with van der Waals surface area (Å²) >= 11 is 0. The van der Waals surface area contributed by atoms with Crippen molar-refractivity contribution in [3.63, 3.8) is 0 Å². The fraction of sp³-hybridized carbons (Fsp3) is 0.278. The lowest BCUT2D eigenvalue weighted by Gasteiger charge is -2.23. The van der Waals surface area contributed by atoms with Crippen LogP contribution in [0, 0.1) is 0 Å². The van der Waals surface area contributed by atoms with Crippen molar-refractivity contribution in [2.75, 3.05) is 16.8 Å². The van der Waals surface area contributed by atoms with Crippen molar-refractivity contribution >= 4 is 17.3 Å². The second kappa shape index (κ2) is 6.19. The standard InChI is InChI=1S/C18H17F3N2O/c1-12-10-13-4-2-3-5-16(13)23(12)17(24)11-22-15-8-6-14(7-9-15)18(19,20)21/h2-9,12,22H,10-11H2,1H3. The number of halogens is 3. The van der Waals surface area contributed by atoms with Crippen LogP contribution < -0.4 is 10.2 Å². The number of rotatable bonds is 3. The topological polar surface area (TPSA) is 32.3 Å².